The molecule has 2 aliphatic heterocycles. The SMILES string of the molecule is CCCN1C(=O)c2ccc3c4ccc5c6c(ccc(c7ccc(c2c37)C1=O)c64)C(=O)N(CCS(=O)(=O)O)C5=O. The van der Waals surface area contributed by atoms with Crippen molar-refractivity contribution in [2.45, 2.75) is 13.3 Å². The van der Waals surface area contributed by atoms with E-state index in [4.69, 9.17) is 4.55 Å². The van der Waals surface area contributed by atoms with E-state index in [1.807, 2.05) is 19.1 Å². The third-order valence-corrected chi connectivity index (χ3v) is 8.52. The van der Waals surface area contributed by atoms with Gasteiger partial charge in [-0.2, -0.15) is 8.42 Å². The van der Waals surface area contributed by atoms with Crippen LogP contribution in [0.15, 0.2) is 48.5 Å². The highest BCUT2D eigenvalue weighted by Crippen LogP contribution is 2.46. The van der Waals surface area contributed by atoms with Gasteiger partial charge in [-0.25, -0.2) is 0 Å². The number of nitrogens with zero attached hydrogens (tertiary/aromatic N) is 2. The molecule has 2 aliphatic rings. The minimum Gasteiger partial charge on any atom is -0.285 e. The quantitative estimate of drug-likeness (QED) is 0.153. The Bertz CT molecular complexity index is 1980. The summed E-state index contributed by atoms with van der Waals surface area (Å²) < 4.78 is 31.7. The van der Waals surface area contributed by atoms with Crippen molar-refractivity contribution in [2.75, 3.05) is 18.8 Å². The maximum Gasteiger partial charge on any atom is 0.266 e. The predicted molar refractivity (Wildman–Crippen MR) is 145 cm³/mol. The molecule has 5 aromatic rings. The first-order chi connectivity index (χ1) is 18.6. The van der Waals surface area contributed by atoms with Gasteiger partial charge >= 0.3 is 0 Å². The fraction of sp³-hybridized carbons (Fsp3) is 0.172. The molecule has 1 N–H and O–H groups in total. The number of amides is 4. The van der Waals surface area contributed by atoms with Crippen LogP contribution >= 0.6 is 0 Å². The van der Waals surface area contributed by atoms with Gasteiger partial charge in [0.15, 0.2) is 0 Å². The van der Waals surface area contributed by atoms with Crippen molar-refractivity contribution in [1.82, 2.24) is 9.80 Å². The third-order valence-electron chi connectivity index (χ3n) is 7.82. The fourth-order valence-electron chi connectivity index (χ4n) is 6.20. The average molecular weight is 541 g/mol. The lowest BCUT2D eigenvalue weighted by molar-refractivity contribution is 0.0599. The molecule has 4 amide bonds. The van der Waals surface area contributed by atoms with Crippen molar-refractivity contribution >= 4 is 76.8 Å². The van der Waals surface area contributed by atoms with E-state index in [0.29, 0.717) is 40.3 Å². The van der Waals surface area contributed by atoms with Crippen molar-refractivity contribution in [3.63, 3.8) is 0 Å². The van der Waals surface area contributed by atoms with E-state index in [1.165, 1.54) is 4.90 Å². The molecular weight excluding hydrogens is 520 g/mol. The molecule has 0 saturated heterocycles. The Balaban J connectivity index is 1.53. The van der Waals surface area contributed by atoms with Crippen LogP contribution in [0.3, 0.4) is 0 Å². The van der Waals surface area contributed by atoms with Crippen LogP contribution in [-0.2, 0) is 10.1 Å². The minimum absolute atomic E-state index is 0.259. The second kappa shape index (κ2) is 7.81. The zero-order valence-corrected chi connectivity index (χ0v) is 21.5. The molecule has 7 rings (SSSR count). The summed E-state index contributed by atoms with van der Waals surface area (Å²) in [6, 6.07) is 13.9. The molecule has 0 unspecified atom stereocenters. The van der Waals surface area contributed by atoms with Crippen molar-refractivity contribution in [1.29, 1.82) is 0 Å². The first-order valence-corrected chi connectivity index (χ1v) is 14.1. The maximum absolute atomic E-state index is 13.3. The molecule has 0 saturated carbocycles. The van der Waals surface area contributed by atoms with E-state index in [2.05, 4.69) is 0 Å². The van der Waals surface area contributed by atoms with Gasteiger partial charge in [-0.15, -0.1) is 0 Å². The van der Waals surface area contributed by atoms with Gasteiger partial charge in [0.05, 0.1) is 5.75 Å². The summed E-state index contributed by atoms with van der Waals surface area (Å²) in [6.45, 7) is 1.78. The highest BCUT2D eigenvalue weighted by molar-refractivity contribution is 7.85. The molecule has 9 nitrogen and oxygen atoms in total. The monoisotopic (exact) mass is 540 g/mol. The van der Waals surface area contributed by atoms with Gasteiger partial charge < -0.3 is 0 Å². The van der Waals surface area contributed by atoms with Crippen LogP contribution < -0.4 is 0 Å². The van der Waals surface area contributed by atoms with Gasteiger partial charge in [-0.3, -0.25) is 33.5 Å². The summed E-state index contributed by atoms with van der Waals surface area (Å²) in [5.41, 5.74) is 1.45. The molecule has 194 valence electrons. The van der Waals surface area contributed by atoms with Crippen molar-refractivity contribution in [3.8, 4) is 0 Å². The lowest BCUT2D eigenvalue weighted by Gasteiger charge is -2.30. The Kier molecular flexibility index (Phi) is 4.74. The zero-order chi connectivity index (χ0) is 27.4. The maximum atomic E-state index is 13.3. The van der Waals surface area contributed by atoms with Crippen LogP contribution in [-0.4, -0.2) is 65.2 Å². The number of hydrogen-bond acceptors (Lipinski definition) is 6. The Hall–Kier alpha value is -4.41. The minimum atomic E-state index is -4.38. The van der Waals surface area contributed by atoms with Gasteiger partial charge in [0.25, 0.3) is 33.7 Å². The van der Waals surface area contributed by atoms with Gasteiger partial charge in [0.2, 0.25) is 0 Å². The van der Waals surface area contributed by atoms with Crippen LogP contribution in [0, 0.1) is 0 Å². The smallest absolute Gasteiger partial charge is 0.266 e. The van der Waals surface area contributed by atoms with Gasteiger partial charge in [0.1, 0.15) is 0 Å². The molecule has 39 heavy (non-hydrogen) atoms. The number of imide groups is 2. The Labute approximate surface area is 221 Å². The summed E-state index contributed by atoms with van der Waals surface area (Å²) in [4.78, 5) is 55.4. The average Bonchev–Trinajstić information content (AvgIpc) is 2.91. The van der Waals surface area contributed by atoms with E-state index in [9.17, 15) is 27.6 Å². The van der Waals surface area contributed by atoms with E-state index >= 15 is 0 Å². The highest BCUT2D eigenvalue weighted by atomic mass is 32.2. The molecular formula is C29H20N2O7S. The molecule has 0 atom stereocenters. The molecule has 0 bridgehead atoms. The summed E-state index contributed by atoms with van der Waals surface area (Å²) in [5, 5.41) is 5.69. The Morgan fingerprint density at radius 2 is 0.897 bits per heavy atom. The van der Waals surface area contributed by atoms with E-state index < -0.39 is 34.2 Å². The van der Waals surface area contributed by atoms with Crippen molar-refractivity contribution in [2.24, 2.45) is 0 Å². The second-order valence-electron chi connectivity index (χ2n) is 9.95. The van der Waals surface area contributed by atoms with Crippen LogP contribution in [0.25, 0.3) is 43.1 Å². The standard InChI is InChI=1S/C29H20N2O7S/c1-2-11-30-26(32)18-7-3-14-16-5-9-20-25-21(29(35)31(28(20)34)12-13-39(36,37)38)10-6-17(23(16)25)15-4-8-19(27(30)33)24(18)22(14)15/h3-10H,2,11-13H2,1H3,(H,36,37,38). The summed E-state index contributed by atoms with van der Waals surface area (Å²) >= 11 is 0. The molecule has 0 radical (unpaired) electrons. The van der Waals surface area contributed by atoms with Crippen molar-refractivity contribution in [3.05, 3.63) is 70.8 Å². The van der Waals surface area contributed by atoms with Gasteiger partial charge in [0, 0.05) is 46.1 Å². The lowest BCUT2D eigenvalue weighted by Crippen LogP contribution is -2.42. The molecule has 0 fully saturated rings. The molecule has 10 heteroatoms. The van der Waals surface area contributed by atoms with E-state index in [-0.39, 0.29) is 22.9 Å². The van der Waals surface area contributed by atoms with Crippen LogP contribution in [0.1, 0.15) is 54.8 Å². The van der Waals surface area contributed by atoms with Crippen LogP contribution in [0.5, 0.6) is 0 Å². The lowest BCUT2D eigenvalue weighted by atomic mass is 9.82. The molecule has 0 aromatic heterocycles. The number of carbonyl (C=O) groups excluding carboxylic acids is 4. The Morgan fingerprint density at radius 1 is 0.564 bits per heavy atom. The molecule has 0 aliphatic carbocycles. The topological polar surface area (TPSA) is 129 Å². The third kappa shape index (κ3) is 3.06. The molecule has 5 aromatic carbocycles. The fourth-order valence-corrected chi connectivity index (χ4v) is 6.62. The second-order valence-corrected chi connectivity index (χ2v) is 11.5. The predicted octanol–water partition coefficient (Wildman–Crippen LogP) is 4.23. The van der Waals surface area contributed by atoms with Crippen LogP contribution in [0.2, 0.25) is 0 Å². The number of carbonyl (C=O) groups is 4. The highest BCUT2D eigenvalue weighted by Gasteiger charge is 2.36. The van der Waals surface area contributed by atoms with E-state index in [1.54, 1.807) is 36.4 Å². The summed E-state index contributed by atoms with van der Waals surface area (Å²) in [7, 11) is -4.38. The Morgan fingerprint density at radius 3 is 1.21 bits per heavy atom. The van der Waals surface area contributed by atoms with Gasteiger partial charge in [-0.05, 0) is 63.0 Å². The number of rotatable bonds is 5. The first kappa shape index (κ1) is 23.7. The largest absolute Gasteiger partial charge is 0.285 e. The molecule has 2 heterocycles. The summed E-state index contributed by atoms with van der Waals surface area (Å²) in [5.74, 6) is -2.68. The molecule has 0 spiro atoms. The normalized spacial score (nSPS) is 15.6. The number of hydrogen-bond donors (Lipinski definition) is 1. The number of benzene rings is 5. The number of fused-ring (bicyclic) bond motifs is 2. The van der Waals surface area contributed by atoms with Crippen molar-refractivity contribution < 1.29 is 32.1 Å². The van der Waals surface area contributed by atoms with E-state index in [0.717, 1.165) is 31.8 Å². The first-order valence-electron chi connectivity index (χ1n) is 12.5. The van der Waals surface area contributed by atoms with Gasteiger partial charge in [-0.1, -0.05) is 31.2 Å². The van der Waals surface area contributed by atoms with Crippen LogP contribution in [0.4, 0.5) is 0 Å². The zero-order valence-electron chi connectivity index (χ0n) is 20.6. The summed E-state index contributed by atoms with van der Waals surface area (Å²) in [6.07, 6.45) is 0.650.